The Morgan fingerprint density at radius 2 is 2.00 bits per heavy atom. The highest BCUT2D eigenvalue weighted by molar-refractivity contribution is 6.30. The molecule has 2 N–H and O–H groups in total. The van der Waals surface area contributed by atoms with Gasteiger partial charge in [0, 0.05) is 35.1 Å². The Morgan fingerprint density at radius 1 is 1.26 bits per heavy atom. The lowest BCUT2D eigenvalue weighted by molar-refractivity contribution is -0.141. The van der Waals surface area contributed by atoms with Crippen molar-refractivity contribution in [2.24, 2.45) is 0 Å². The van der Waals surface area contributed by atoms with Crippen LogP contribution in [0.25, 0.3) is 0 Å². The molecule has 0 atom stereocenters. The smallest absolute Gasteiger partial charge is 0.324 e. The maximum absolute atomic E-state index is 13.5. The molecule has 5 nitrogen and oxygen atoms in total. The second-order valence-corrected chi connectivity index (χ2v) is 7.10. The van der Waals surface area contributed by atoms with Crippen molar-refractivity contribution in [3.63, 3.8) is 0 Å². The van der Waals surface area contributed by atoms with Gasteiger partial charge in [-0.1, -0.05) is 17.7 Å². The van der Waals surface area contributed by atoms with E-state index in [0.29, 0.717) is 10.7 Å². The number of hydrogen-bond acceptors (Lipinski definition) is 5. The molecule has 0 amide bonds. The van der Waals surface area contributed by atoms with Crippen LogP contribution in [-0.2, 0) is 12.7 Å². The van der Waals surface area contributed by atoms with E-state index in [1.165, 1.54) is 6.20 Å². The van der Waals surface area contributed by atoms with Crippen LogP contribution in [-0.4, -0.2) is 41.0 Å². The molecule has 1 fully saturated rings. The van der Waals surface area contributed by atoms with Gasteiger partial charge < -0.3 is 15.5 Å². The largest absolute Gasteiger partial charge is 0.433 e. The quantitative estimate of drug-likeness (QED) is 0.793. The standard InChI is InChI=1S/C18H21ClF3N5/c1-27-7-5-14(6-8-27)23-10-12-11-24-17(26-16(12)18(20,21)22)25-15-4-2-3-13(19)9-15/h2-4,9,11,14,23H,5-8,10H2,1H3,(H,24,25,26). The Balaban J connectivity index is 1.74. The van der Waals surface area contributed by atoms with Gasteiger partial charge in [0.15, 0.2) is 5.69 Å². The fourth-order valence-corrected chi connectivity index (χ4v) is 3.19. The summed E-state index contributed by atoms with van der Waals surface area (Å²) in [5.41, 5.74) is -0.367. The van der Waals surface area contributed by atoms with Gasteiger partial charge in [0.2, 0.25) is 5.95 Å². The summed E-state index contributed by atoms with van der Waals surface area (Å²) in [5.74, 6) is -0.118. The number of halogens is 4. The molecule has 1 aromatic heterocycles. The molecule has 0 bridgehead atoms. The fraction of sp³-hybridized carbons (Fsp3) is 0.444. The predicted molar refractivity (Wildman–Crippen MR) is 99.1 cm³/mol. The number of benzene rings is 1. The summed E-state index contributed by atoms with van der Waals surface area (Å²) in [7, 11) is 2.04. The topological polar surface area (TPSA) is 53.1 Å². The van der Waals surface area contributed by atoms with Gasteiger partial charge in [-0.05, 0) is 51.2 Å². The molecular formula is C18H21ClF3N5. The summed E-state index contributed by atoms with van der Waals surface area (Å²) in [6.45, 7) is 1.95. The first kappa shape index (κ1) is 19.9. The molecule has 2 aromatic rings. The van der Waals surface area contributed by atoms with Crippen LogP contribution in [0.3, 0.4) is 0 Å². The van der Waals surface area contributed by atoms with Crippen LogP contribution in [0.15, 0.2) is 30.5 Å². The van der Waals surface area contributed by atoms with Crippen LogP contribution in [0.1, 0.15) is 24.1 Å². The molecule has 0 radical (unpaired) electrons. The van der Waals surface area contributed by atoms with Crippen molar-refractivity contribution >= 4 is 23.2 Å². The van der Waals surface area contributed by atoms with Crippen molar-refractivity contribution < 1.29 is 13.2 Å². The minimum absolute atomic E-state index is 0.0399. The molecule has 1 aliphatic heterocycles. The average molecular weight is 400 g/mol. The molecule has 1 aromatic carbocycles. The van der Waals surface area contributed by atoms with Gasteiger partial charge in [0.05, 0.1) is 0 Å². The highest BCUT2D eigenvalue weighted by Gasteiger charge is 2.36. The Morgan fingerprint density at radius 3 is 2.67 bits per heavy atom. The van der Waals surface area contributed by atoms with Crippen molar-refractivity contribution in [2.75, 3.05) is 25.5 Å². The average Bonchev–Trinajstić information content (AvgIpc) is 2.61. The van der Waals surface area contributed by atoms with E-state index < -0.39 is 11.9 Å². The summed E-state index contributed by atoms with van der Waals surface area (Å²) in [6, 6.07) is 6.83. The van der Waals surface area contributed by atoms with Crippen molar-refractivity contribution in [2.45, 2.75) is 31.6 Å². The van der Waals surface area contributed by atoms with Crippen molar-refractivity contribution in [1.29, 1.82) is 0 Å². The van der Waals surface area contributed by atoms with Gasteiger partial charge in [-0.2, -0.15) is 13.2 Å². The molecule has 2 heterocycles. The molecule has 0 aliphatic carbocycles. The molecule has 0 spiro atoms. The first-order valence-corrected chi connectivity index (χ1v) is 9.06. The van der Waals surface area contributed by atoms with Crippen LogP contribution in [0.2, 0.25) is 5.02 Å². The number of hydrogen-bond donors (Lipinski definition) is 2. The first-order chi connectivity index (χ1) is 12.8. The number of nitrogens with one attached hydrogen (secondary N) is 2. The number of rotatable bonds is 5. The van der Waals surface area contributed by atoms with Gasteiger partial charge >= 0.3 is 6.18 Å². The lowest BCUT2D eigenvalue weighted by Gasteiger charge is -2.29. The zero-order chi connectivity index (χ0) is 19.4. The fourth-order valence-electron chi connectivity index (χ4n) is 3.00. The Labute approximate surface area is 161 Å². The van der Waals surface area contributed by atoms with E-state index in [-0.39, 0.29) is 24.1 Å². The van der Waals surface area contributed by atoms with E-state index in [1.54, 1.807) is 24.3 Å². The number of anilines is 2. The summed E-state index contributed by atoms with van der Waals surface area (Å²) in [6.07, 6.45) is -1.51. The maximum atomic E-state index is 13.5. The lowest BCUT2D eigenvalue weighted by atomic mass is 10.1. The Kier molecular flexibility index (Phi) is 6.18. The molecule has 0 unspecified atom stereocenters. The second-order valence-electron chi connectivity index (χ2n) is 6.66. The molecule has 1 saturated heterocycles. The number of nitrogens with zero attached hydrogens (tertiary/aromatic N) is 3. The van der Waals surface area contributed by atoms with Gasteiger partial charge in [-0.25, -0.2) is 9.97 Å². The first-order valence-electron chi connectivity index (χ1n) is 8.69. The van der Waals surface area contributed by atoms with Crippen LogP contribution < -0.4 is 10.6 Å². The summed E-state index contributed by atoms with van der Waals surface area (Å²) in [5, 5.41) is 6.43. The molecule has 9 heteroatoms. The van der Waals surface area contributed by atoms with Crippen molar-refractivity contribution in [3.05, 3.63) is 46.7 Å². The van der Waals surface area contributed by atoms with Crippen LogP contribution in [0.5, 0.6) is 0 Å². The van der Waals surface area contributed by atoms with Crippen molar-refractivity contribution in [3.8, 4) is 0 Å². The van der Waals surface area contributed by atoms with Crippen molar-refractivity contribution in [1.82, 2.24) is 20.2 Å². The van der Waals surface area contributed by atoms with E-state index in [2.05, 4.69) is 25.5 Å². The SMILES string of the molecule is CN1CCC(NCc2cnc(Nc3cccc(Cl)c3)nc2C(F)(F)F)CC1. The minimum Gasteiger partial charge on any atom is -0.324 e. The van der Waals surface area contributed by atoms with E-state index in [4.69, 9.17) is 11.6 Å². The molecule has 1 aliphatic rings. The van der Waals surface area contributed by atoms with E-state index >= 15 is 0 Å². The molecule has 3 rings (SSSR count). The monoisotopic (exact) mass is 399 g/mol. The van der Waals surface area contributed by atoms with E-state index in [0.717, 1.165) is 25.9 Å². The molecular weight excluding hydrogens is 379 g/mol. The van der Waals surface area contributed by atoms with Gasteiger partial charge in [0.25, 0.3) is 0 Å². The molecule has 0 saturated carbocycles. The third-order valence-corrected chi connectivity index (χ3v) is 4.75. The van der Waals surface area contributed by atoms with Crippen LogP contribution >= 0.6 is 11.6 Å². The highest BCUT2D eigenvalue weighted by atomic mass is 35.5. The Hall–Kier alpha value is -1.90. The third-order valence-electron chi connectivity index (χ3n) is 4.51. The molecule has 146 valence electrons. The lowest BCUT2D eigenvalue weighted by Crippen LogP contribution is -2.40. The maximum Gasteiger partial charge on any atom is 0.433 e. The number of aromatic nitrogens is 2. The van der Waals surface area contributed by atoms with Gasteiger partial charge in [-0.15, -0.1) is 0 Å². The zero-order valence-electron chi connectivity index (χ0n) is 14.9. The van der Waals surface area contributed by atoms with Gasteiger partial charge in [-0.3, -0.25) is 0 Å². The summed E-state index contributed by atoms with van der Waals surface area (Å²) in [4.78, 5) is 9.95. The Bertz CT molecular complexity index is 776. The summed E-state index contributed by atoms with van der Waals surface area (Å²) >= 11 is 5.89. The number of alkyl halides is 3. The number of piperidine rings is 1. The predicted octanol–water partition coefficient (Wildman–Crippen LogP) is 4.08. The highest BCUT2D eigenvalue weighted by Crippen LogP contribution is 2.31. The zero-order valence-corrected chi connectivity index (χ0v) is 15.6. The molecule has 27 heavy (non-hydrogen) atoms. The second kappa shape index (κ2) is 8.41. The van der Waals surface area contributed by atoms with Crippen LogP contribution in [0, 0.1) is 0 Å². The van der Waals surface area contributed by atoms with Crippen LogP contribution in [0.4, 0.5) is 24.8 Å². The minimum atomic E-state index is -4.56. The van der Waals surface area contributed by atoms with E-state index in [9.17, 15) is 13.2 Å². The van der Waals surface area contributed by atoms with E-state index in [1.807, 2.05) is 7.05 Å². The normalized spacial score (nSPS) is 16.5. The van der Waals surface area contributed by atoms with Gasteiger partial charge in [0.1, 0.15) is 0 Å². The number of likely N-dealkylation sites (tertiary alicyclic amines) is 1. The summed E-state index contributed by atoms with van der Waals surface area (Å²) < 4.78 is 40.4. The third kappa shape index (κ3) is 5.54.